The van der Waals surface area contributed by atoms with E-state index in [0.717, 1.165) is 21.7 Å². The summed E-state index contributed by atoms with van der Waals surface area (Å²) in [5.41, 5.74) is 2.92. The molecule has 0 aromatic heterocycles. The third-order valence-corrected chi connectivity index (χ3v) is 5.79. The minimum Gasteiger partial charge on any atom is -0.465 e. The molecule has 0 saturated heterocycles. The molecule has 0 atom stereocenters. The van der Waals surface area contributed by atoms with E-state index in [1.54, 1.807) is 41.3 Å². The van der Waals surface area contributed by atoms with Gasteiger partial charge in [-0.15, -0.1) is 0 Å². The molecule has 1 aliphatic rings. The Hall–Kier alpha value is -3.38. The topological polar surface area (TPSA) is 46.6 Å². The second-order valence-corrected chi connectivity index (χ2v) is 7.79. The summed E-state index contributed by atoms with van der Waals surface area (Å²) in [6.45, 7) is 0.343. The van der Waals surface area contributed by atoms with E-state index in [1.165, 1.54) is 31.0 Å². The van der Waals surface area contributed by atoms with E-state index in [9.17, 15) is 14.0 Å². The fraction of sp³-hybridized carbons (Fsp3) is 0.0833. The largest absolute Gasteiger partial charge is 0.465 e. The van der Waals surface area contributed by atoms with Crippen LogP contribution < -0.4 is 4.90 Å². The Labute approximate surface area is 178 Å². The minimum absolute atomic E-state index is 0.125. The van der Waals surface area contributed by atoms with Crippen LogP contribution in [0.1, 0.15) is 21.5 Å². The first-order chi connectivity index (χ1) is 14.5. The van der Waals surface area contributed by atoms with Crippen molar-refractivity contribution in [1.82, 2.24) is 0 Å². The van der Waals surface area contributed by atoms with Gasteiger partial charge in [-0.3, -0.25) is 4.79 Å². The van der Waals surface area contributed by atoms with Gasteiger partial charge in [0.05, 0.1) is 29.8 Å². The first-order valence-electron chi connectivity index (χ1n) is 9.28. The van der Waals surface area contributed by atoms with E-state index < -0.39 is 5.97 Å². The van der Waals surface area contributed by atoms with Gasteiger partial charge >= 0.3 is 5.97 Å². The monoisotopic (exact) mass is 419 g/mol. The first-order valence-corrected chi connectivity index (χ1v) is 10.1. The van der Waals surface area contributed by atoms with Crippen molar-refractivity contribution >= 4 is 35.4 Å². The van der Waals surface area contributed by atoms with Gasteiger partial charge in [0.1, 0.15) is 5.82 Å². The number of ether oxygens (including phenoxy) is 1. The van der Waals surface area contributed by atoms with Crippen LogP contribution in [0.2, 0.25) is 0 Å². The smallest absolute Gasteiger partial charge is 0.337 e. The average Bonchev–Trinajstić information content (AvgIpc) is 2.78. The summed E-state index contributed by atoms with van der Waals surface area (Å²) in [5, 5.41) is 0. The van der Waals surface area contributed by atoms with Gasteiger partial charge in [-0.25, -0.2) is 9.18 Å². The van der Waals surface area contributed by atoms with Gasteiger partial charge in [-0.05, 0) is 53.6 Å². The molecular weight excluding hydrogens is 401 g/mol. The quantitative estimate of drug-likeness (QED) is 0.426. The number of anilines is 1. The van der Waals surface area contributed by atoms with Crippen LogP contribution in [-0.2, 0) is 16.1 Å². The molecule has 1 amide bonds. The number of esters is 1. The van der Waals surface area contributed by atoms with E-state index in [1.807, 2.05) is 30.3 Å². The first kappa shape index (κ1) is 19.9. The molecule has 3 aromatic carbocycles. The summed E-state index contributed by atoms with van der Waals surface area (Å²) in [7, 11) is 1.34. The van der Waals surface area contributed by atoms with Gasteiger partial charge in [0.25, 0.3) is 5.91 Å². The normalized spacial score (nSPS) is 14.5. The third-order valence-electron chi connectivity index (χ3n) is 4.72. The lowest BCUT2D eigenvalue weighted by molar-refractivity contribution is -0.114. The lowest BCUT2D eigenvalue weighted by Gasteiger charge is -2.30. The number of hydrogen-bond acceptors (Lipinski definition) is 4. The summed E-state index contributed by atoms with van der Waals surface area (Å²) < 4.78 is 18.0. The van der Waals surface area contributed by atoms with Crippen molar-refractivity contribution in [3.63, 3.8) is 0 Å². The van der Waals surface area contributed by atoms with E-state index in [2.05, 4.69) is 0 Å². The van der Waals surface area contributed by atoms with Crippen LogP contribution in [-0.4, -0.2) is 19.0 Å². The zero-order valence-corrected chi connectivity index (χ0v) is 17.0. The predicted molar refractivity (Wildman–Crippen MR) is 116 cm³/mol. The maximum Gasteiger partial charge on any atom is 0.337 e. The molecule has 0 spiro atoms. The number of hydrogen-bond donors (Lipinski definition) is 0. The van der Waals surface area contributed by atoms with Crippen LogP contribution in [0.15, 0.2) is 82.6 Å². The molecule has 0 aliphatic carbocycles. The van der Waals surface area contributed by atoms with Crippen molar-refractivity contribution in [2.24, 2.45) is 0 Å². The lowest BCUT2D eigenvalue weighted by Crippen LogP contribution is -2.33. The highest BCUT2D eigenvalue weighted by atomic mass is 32.2. The zero-order chi connectivity index (χ0) is 21.1. The highest BCUT2D eigenvalue weighted by molar-refractivity contribution is 8.04. The number of nitrogens with zero attached hydrogens (tertiary/aromatic N) is 1. The number of halogens is 1. The van der Waals surface area contributed by atoms with Crippen LogP contribution >= 0.6 is 11.8 Å². The molecule has 6 heteroatoms. The van der Waals surface area contributed by atoms with Crippen molar-refractivity contribution in [3.8, 4) is 0 Å². The van der Waals surface area contributed by atoms with Gasteiger partial charge in [0.2, 0.25) is 0 Å². The van der Waals surface area contributed by atoms with Gasteiger partial charge in [-0.2, -0.15) is 0 Å². The van der Waals surface area contributed by atoms with E-state index in [4.69, 9.17) is 4.74 Å². The molecule has 1 heterocycles. The number of carbonyl (C=O) groups excluding carboxylic acids is 2. The average molecular weight is 419 g/mol. The Morgan fingerprint density at radius 3 is 2.43 bits per heavy atom. The molecule has 0 unspecified atom stereocenters. The van der Waals surface area contributed by atoms with Gasteiger partial charge in [-0.1, -0.05) is 48.2 Å². The third kappa shape index (κ3) is 4.14. The number of amides is 1. The predicted octanol–water partition coefficient (Wildman–Crippen LogP) is 5.29. The molecule has 30 heavy (non-hydrogen) atoms. The molecular formula is C24H18FNO3S. The van der Waals surface area contributed by atoms with E-state index in [-0.39, 0.29) is 11.7 Å². The molecule has 0 fully saturated rings. The van der Waals surface area contributed by atoms with Crippen LogP contribution in [0.5, 0.6) is 0 Å². The summed E-state index contributed by atoms with van der Waals surface area (Å²) in [4.78, 5) is 28.1. The molecule has 0 saturated carbocycles. The minimum atomic E-state index is -0.406. The van der Waals surface area contributed by atoms with Crippen LogP contribution in [0.25, 0.3) is 6.08 Å². The summed E-state index contributed by atoms with van der Waals surface area (Å²) in [5.74, 6) is -0.840. The molecule has 3 aromatic rings. The fourth-order valence-corrected chi connectivity index (χ4v) is 4.24. The highest BCUT2D eigenvalue weighted by Gasteiger charge is 2.29. The number of fused-ring (bicyclic) bond motifs is 1. The molecule has 0 bridgehead atoms. The van der Waals surface area contributed by atoms with Crippen molar-refractivity contribution in [3.05, 3.63) is 100 Å². The summed E-state index contributed by atoms with van der Waals surface area (Å²) in [6.07, 6.45) is 1.81. The Kier molecular flexibility index (Phi) is 5.68. The number of carbonyl (C=O) groups is 2. The van der Waals surface area contributed by atoms with Crippen molar-refractivity contribution in [2.75, 3.05) is 12.0 Å². The van der Waals surface area contributed by atoms with Gasteiger partial charge < -0.3 is 9.64 Å². The molecule has 4 rings (SSSR count). The number of methoxy groups -OCH3 is 1. The van der Waals surface area contributed by atoms with Gasteiger partial charge in [0.15, 0.2) is 0 Å². The molecule has 1 aliphatic heterocycles. The van der Waals surface area contributed by atoms with Crippen molar-refractivity contribution < 1.29 is 18.7 Å². The maximum atomic E-state index is 13.3. The SMILES string of the molecule is COC(=O)c1ccc(/C=C2\Sc3ccccc3N(Cc3ccc(F)cc3)C2=O)cc1. The second-order valence-electron chi connectivity index (χ2n) is 6.71. The lowest BCUT2D eigenvalue weighted by atomic mass is 10.1. The maximum absolute atomic E-state index is 13.3. The molecule has 0 radical (unpaired) electrons. The Morgan fingerprint density at radius 2 is 1.73 bits per heavy atom. The fourth-order valence-electron chi connectivity index (χ4n) is 3.18. The molecule has 150 valence electrons. The number of benzene rings is 3. The van der Waals surface area contributed by atoms with Crippen LogP contribution in [0.4, 0.5) is 10.1 Å². The molecule has 4 nitrogen and oxygen atoms in total. The Balaban J connectivity index is 1.66. The zero-order valence-electron chi connectivity index (χ0n) is 16.2. The number of thioether (sulfide) groups is 1. The number of rotatable bonds is 4. The standard InChI is InChI=1S/C24H18FNO3S/c1-29-24(28)18-10-6-16(7-11-18)14-22-23(27)26(15-17-8-12-19(25)13-9-17)20-4-2-3-5-21(20)30-22/h2-14H,15H2,1H3/b22-14-. The van der Waals surface area contributed by atoms with Crippen molar-refractivity contribution in [1.29, 1.82) is 0 Å². The second kappa shape index (κ2) is 8.55. The Bertz CT molecular complexity index is 1120. The van der Waals surface area contributed by atoms with E-state index >= 15 is 0 Å². The number of para-hydroxylation sites is 1. The summed E-state index contributed by atoms with van der Waals surface area (Å²) >= 11 is 1.41. The van der Waals surface area contributed by atoms with Crippen LogP contribution in [0.3, 0.4) is 0 Å². The van der Waals surface area contributed by atoms with Gasteiger partial charge in [0, 0.05) is 4.90 Å². The Morgan fingerprint density at radius 1 is 1.03 bits per heavy atom. The van der Waals surface area contributed by atoms with E-state index in [0.29, 0.717) is 17.0 Å². The molecule has 0 N–H and O–H groups in total. The highest BCUT2D eigenvalue weighted by Crippen LogP contribution is 2.42. The van der Waals surface area contributed by atoms with Crippen molar-refractivity contribution in [2.45, 2.75) is 11.4 Å². The summed E-state index contributed by atoms with van der Waals surface area (Å²) in [6, 6.07) is 20.7. The van der Waals surface area contributed by atoms with Crippen LogP contribution in [0, 0.1) is 5.82 Å².